The van der Waals surface area contributed by atoms with Crippen LogP contribution in [0.4, 0.5) is 10.1 Å². The second-order valence-corrected chi connectivity index (χ2v) is 6.20. The zero-order valence-electron chi connectivity index (χ0n) is 12.9. The van der Waals surface area contributed by atoms with E-state index in [2.05, 4.69) is 18.3 Å². The van der Waals surface area contributed by atoms with Crippen LogP contribution in [-0.2, 0) is 0 Å². The summed E-state index contributed by atoms with van der Waals surface area (Å²) in [7, 11) is 1.76. The van der Waals surface area contributed by atoms with Gasteiger partial charge in [-0.15, -0.1) is 0 Å². The Morgan fingerprint density at radius 2 is 1.90 bits per heavy atom. The van der Waals surface area contributed by atoms with Crippen molar-refractivity contribution in [2.24, 2.45) is 5.92 Å². The minimum atomic E-state index is -0.116. The van der Waals surface area contributed by atoms with Gasteiger partial charge in [0.25, 0.3) is 0 Å². The summed E-state index contributed by atoms with van der Waals surface area (Å²) in [4.78, 5) is 0. The average Bonchev–Trinajstić information content (AvgIpc) is 2.48. The molecule has 1 nitrogen and oxygen atoms in total. The average molecular weight is 277 g/mol. The Hall–Kier alpha value is -1.05. The first-order chi connectivity index (χ1) is 9.74. The summed E-state index contributed by atoms with van der Waals surface area (Å²) in [6, 6.07) is 5.70. The molecule has 0 bridgehead atoms. The van der Waals surface area contributed by atoms with Crippen molar-refractivity contribution in [3.63, 3.8) is 0 Å². The molecule has 1 aliphatic rings. The van der Waals surface area contributed by atoms with E-state index in [1.165, 1.54) is 56.9 Å². The van der Waals surface area contributed by atoms with Crippen LogP contribution in [0.1, 0.15) is 69.8 Å². The molecule has 1 aromatic rings. The molecule has 0 aliphatic heterocycles. The van der Waals surface area contributed by atoms with Crippen molar-refractivity contribution < 1.29 is 4.39 Å². The molecule has 0 atom stereocenters. The predicted octanol–water partition coefficient (Wildman–Crippen LogP) is 5.72. The maximum Gasteiger partial charge on any atom is 0.146 e. The number of hydrogen-bond donors (Lipinski definition) is 1. The van der Waals surface area contributed by atoms with Gasteiger partial charge in [-0.1, -0.05) is 38.7 Å². The molecular formula is C18H28FN. The first kappa shape index (κ1) is 15.3. The molecular weight excluding hydrogens is 249 g/mol. The molecule has 1 fully saturated rings. The Labute approximate surface area is 123 Å². The topological polar surface area (TPSA) is 12.0 Å². The molecule has 0 aromatic heterocycles. The van der Waals surface area contributed by atoms with Crippen LogP contribution in [0, 0.1) is 11.7 Å². The minimum Gasteiger partial charge on any atom is -0.386 e. The monoisotopic (exact) mass is 277 g/mol. The van der Waals surface area contributed by atoms with Crippen LogP contribution in [0.2, 0.25) is 0 Å². The number of unbranched alkanes of at least 4 members (excludes halogenated alkanes) is 2. The van der Waals surface area contributed by atoms with E-state index in [0.717, 1.165) is 5.92 Å². The molecule has 0 amide bonds. The van der Waals surface area contributed by atoms with Gasteiger partial charge in [0, 0.05) is 7.05 Å². The summed E-state index contributed by atoms with van der Waals surface area (Å²) >= 11 is 0. The highest BCUT2D eigenvalue weighted by Gasteiger charge is 2.22. The number of anilines is 1. The third kappa shape index (κ3) is 3.97. The van der Waals surface area contributed by atoms with E-state index in [1.807, 2.05) is 6.07 Å². The second kappa shape index (κ2) is 7.66. The normalized spacial score (nSPS) is 22.8. The Kier molecular flexibility index (Phi) is 5.87. The first-order valence-electron chi connectivity index (χ1n) is 8.21. The minimum absolute atomic E-state index is 0.116. The van der Waals surface area contributed by atoms with Crippen LogP contribution >= 0.6 is 0 Å². The summed E-state index contributed by atoms with van der Waals surface area (Å²) < 4.78 is 13.8. The molecule has 1 aliphatic carbocycles. The lowest BCUT2D eigenvalue weighted by atomic mass is 9.77. The predicted molar refractivity (Wildman–Crippen MR) is 84.8 cm³/mol. The maximum atomic E-state index is 13.8. The van der Waals surface area contributed by atoms with Gasteiger partial charge in [-0.05, 0) is 55.2 Å². The molecule has 0 spiro atoms. The van der Waals surface area contributed by atoms with E-state index < -0.39 is 0 Å². The van der Waals surface area contributed by atoms with Crippen molar-refractivity contribution in [2.75, 3.05) is 12.4 Å². The Balaban J connectivity index is 1.85. The summed E-state index contributed by atoms with van der Waals surface area (Å²) in [6.07, 6.45) is 10.6. The van der Waals surface area contributed by atoms with E-state index in [1.54, 1.807) is 13.1 Å². The third-order valence-corrected chi connectivity index (χ3v) is 4.80. The van der Waals surface area contributed by atoms with Gasteiger partial charge < -0.3 is 5.32 Å². The molecule has 1 aromatic carbocycles. The molecule has 1 N–H and O–H groups in total. The van der Waals surface area contributed by atoms with E-state index in [9.17, 15) is 4.39 Å². The Morgan fingerprint density at radius 3 is 2.50 bits per heavy atom. The number of halogens is 1. The van der Waals surface area contributed by atoms with Crippen LogP contribution in [0.3, 0.4) is 0 Å². The van der Waals surface area contributed by atoms with Crippen LogP contribution in [-0.4, -0.2) is 7.05 Å². The van der Waals surface area contributed by atoms with Crippen molar-refractivity contribution in [1.82, 2.24) is 0 Å². The van der Waals surface area contributed by atoms with Gasteiger partial charge >= 0.3 is 0 Å². The van der Waals surface area contributed by atoms with Crippen molar-refractivity contribution in [1.29, 1.82) is 0 Å². The summed E-state index contributed by atoms with van der Waals surface area (Å²) in [5, 5.41) is 2.89. The number of rotatable bonds is 6. The summed E-state index contributed by atoms with van der Waals surface area (Å²) in [6.45, 7) is 2.26. The number of benzene rings is 1. The van der Waals surface area contributed by atoms with Crippen molar-refractivity contribution >= 4 is 5.69 Å². The quantitative estimate of drug-likeness (QED) is 0.655. The van der Waals surface area contributed by atoms with E-state index in [0.29, 0.717) is 11.6 Å². The van der Waals surface area contributed by atoms with Gasteiger partial charge in [0.2, 0.25) is 0 Å². The van der Waals surface area contributed by atoms with Gasteiger partial charge in [-0.25, -0.2) is 4.39 Å². The fourth-order valence-corrected chi connectivity index (χ4v) is 3.46. The Morgan fingerprint density at radius 1 is 1.15 bits per heavy atom. The molecule has 1 saturated carbocycles. The number of nitrogens with one attached hydrogen (secondary N) is 1. The first-order valence-corrected chi connectivity index (χ1v) is 8.21. The lowest BCUT2D eigenvalue weighted by molar-refractivity contribution is 0.302. The standard InChI is InChI=1S/C18H28FN/c1-3-4-5-6-14-7-9-15(10-8-14)16-11-12-18(20-2)17(19)13-16/h11-15,20H,3-10H2,1-2H3. The van der Waals surface area contributed by atoms with Gasteiger partial charge in [-0.3, -0.25) is 0 Å². The molecule has 112 valence electrons. The fraction of sp³-hybridized carbons (Fsp3) is 0.667. The van der Waals surface area contributed by atoms with Gasteiger partial charge in [0.15, 0.2) is 0 Å². The lowest BCUT2D eigenvalue weighted by Crippen LogP contribution is -2.13. The highest BCUT2D eigenvalue weighted by atomic mass is 19.1. The third-order valence-electron chi connectivity index (χ3n) is 4.80. The van der Waals surface area contributed by atoms with Crippen molar-refractivity contribution in [3.8, 4) is 0 Å². The molecule has 0 heterocycles. The Bertz CT molecular complexity index is 408. The van der Waals surface area contributed by atoms with Crippen molar-refractivity contribution in [2.45, 2.75) is 64.2 Å². The van der Waals surface area contributed by atoms with Crippen LogP contribution in [0.5, 0.6) is 0 Å². The highest BCUT2D eigenvalue weighted by molar-refractivity contribution is 5.46. The zero-order chi connectivity index (χ0) is 14.4. The molecule has 0 saturated heterocycles. The highest BCUT2D eigenvalue weighted by Crippen LogP contribution is 2.38. The van der Waals surface area contributed by atoms with Gasteiger partial charge in [0.05, 0.1) is 5.69 Å². The van der Waals surface area contributed by atoms with Crippen LogP contribution in [0.15, 0.2) is 18.2 Å². The zero-order valence-corrected chi connectivity index (χ0v) is 12.9. The van der Waals surface area contributed by atoms with Gasteiger partial charge in [0.1, 0.15) is 5.82 Å². The second-order valence-electron chi connectivity index (χ2n) is 6.20. The number of hydrogen-bond acceptors (Lipinski definition) is 1. The molecule has 0 radical (unpaired) electrons. The van der Waals surface area contributed by atoms with Crippen molar-refractivity contribution in [3.05, 3.63) is 29.6 Å². The molecule has 2 heteroatoms. The largest absolute Gasteiger partial charge is 0.386 e. The lowest BCUT2D eigenvalue weighted by Gasteiger charge is -2.29. The van der Waals surface area contributed by atoms with Gasteiger partial charge in [-0.2, -0.15) is 0 Å². The molecule has 20 heavy (non-hydrogen) atoms. The molecule has 2 rings (SSSR count). The summed E-state index contributed by atoms with van der Waals surface area (Å²) in [5.74, 6) is 1.37. The smallest absolute Gasteiger partial charge is 0.146 e. The van der Waals surface area contributed by atoms with Crippen LogP contribution < -0.4 is 5.32 Å². The van der Waals surface area contributed by atoms with E-state index in [4.69, 9.17) is 0 Å². The van der Waals surface area contributed by atoms with E-state index >= 15 is 0 Å². The molecule has 0 unspecified atom stereocenters. The summed E-state index contributed by atoms with van der Waals surface area (Å²) in [5.41, 5.74) is 1.79. The fourth-order valence-electron chi connectivity index (χ4n) is 3.46. The van der Waals surface area contributed by atoms with Crippen LogP contribution in [0.25, 0.3) is 0 Å². The maximum absolute atomic E-state index is 13.8. The SMILES string of the molecule is CCCCCC1CCC(c2ccc(NC)c(F)c2)CC1. The van der Waals surface area contributed by atoms with E-state index in [-0.39, 0.29) is 5.82 Å².